The van der Waals surface area contributed by atoms with Gasteiger partial charge < -0.3 is 0 Å². The second-order valence-electron chi connectivity index (χ2n) is 6.95. The van der Waals surface area contributed by atoms with Gasteiger partial charge in [-0.2, -0.15) is 5.10 Å². The van der Waals surface area contributed by atoms with Gasteiger partial charge >= 0.3 is 0 Å². The summed E-state index contributed by atoms with van der Waals surface area (Å²) in [6, 6.07) is 18.7. The highest BCUT2D eigenvalue weighted by Crippen LogP contribution is 2.22. The van der Waals surface area contributed by atoms with Gasteiger partial charge in [0.25, 0.3) is 0 Å². The Bertz CT molecular complexity index is 1340. The smallest absolute Gasteiger partial charge is 0.185 e. The van der Waals surface area contributed by atoms with E-state index in [1.165, 1.54) is 24.5 Å². The lowest BCUT2D eigenvalue weighted by molar-refractivity contribution is 0.0987. The first-order valence-electron chi connectivity index (χ1n) is 9.32. The first-order chi connectivity index (χ1) is 14.2. The number of halogens is 1. The molecule has 2 aromatic carbocycles. The molecule has 0 radical (unpaired) electrons. The highest BCUT2D eigenvalue weighted by molar-refractivity contribution is 5.99. The lowest BCUT2D eigenvalue weighted by Crippen LogP contribution is -2.07. The van der Waals surface area contributed by atoms with Crippen molar-refractivity contribution in [3.8, 4) is 0 Å². The lowest BCUT2D eigenvalue weighted by atomic mass is 10.0. The molecule has 0 spiro atoms. The molecule has 0 aliphatic carbocycles. The first kappa shape index (κ1) is 17.3. The molecule has 5 aromatic rings. The van der Waals surface area contributed by atoms with Crippen molar-refractivity contribution in [2.45, 2.75) is 13.0 Å². The van der Waals surface area contributed by atoms with Crippen molar-refractivity contribution in [2.75, 3.05) is 0 Å². The molecule has 142 valence electrons. The Morgan fingerprint density at radius 1 is 1.00 bits per heavy atom. The van der Waals surface area contributed by atoms with Crippen molar-refractivity contribution in [3.63, 3.8) is 0 Å². The molecular formula is C23H17FN4O. The Morgan fingerprint density at radius 2 is 1.86 bits per heavy atom. The van der Waals surface area contributed by atoms with Crippen LogP contribution in [0.15, 0.2) is 79.3 Å². The Balaban J connectivity index is 1.46. The van der Waals surface area contributed by atoms with Crippen molar-refractivity contribution in [3.05, 3.63) is 102 Å². The molecule has 5 rings (SSSR count). The number of benzene rings is 2. The molecule has 6 heteroatoms. The molecule has 0 amide bonds. The molecule has 0 fully saturated rings. The molecule has 0 saturated carbocycles. The summed E-state index contributed by atoms with van der Waals surface area (Å²) in [6.07, 6.45) is 5.06. The molecule has 5 nitrogen and oxygen atoms in total. The predicted molar refractivity (Wildman–Crippen MR) is 108 cm³/mol. The number of rotatable bonds is 5. The quantitative estimate of drug-likeness (QED) is 0.425. The molecule has 0 aliphatic rings. The van der Waals surface area contributed by atoms with E-state index in [1.807, 2.05) is 47.3 Å². The predicted octanol–water partition coefficient (Wildman–Crippen LogP) is 4.30. The van der Waals surface area contributed by atoms with E-state index in [-0.39, 0.29) is 18.0 Å². The van der Waals surface area contributed by atoms with E-state index < -0.39 is 0 Å². The summed E-state index contributed by atoms with van der Waals surface area (Å²) in [4.78, 5) is 17.1. The fourth-order valence-corrected chi connectivity index (χ4v) is 3.63. The summed E-state index contributed by atoms with van der Waals surface area (Å²) >= 11 is 0. The van der Waals surface area contributed by atoms with Crippen LogP contribution < -0.4 is 0 Å². The average Bonchev–Trinajstić information content (AvgIpc) is 3.33. The Morgan fingerprint density at radius 3 is 2.72 bits per heavy atom. The maximum Gasteiger partial charge on any atom is 0.185 e. The minimum atomic E-state index is -0.377. The van der Waals surface area contributed by atoms with Crippen LogP contribution in [0.1, 0.15) is 21.6 Å². The van der Waals surface area contributed by atoms with Gasteiger partial charge in [0.2, 0.25) is 0 Å². The third kappa shape index (κ3) is 3.18. The number of aromatic nitrogens is 4. The number of Topliss-reactive ketones (excluding diaryl/α,β-unsaturated/α-hetero) is 1. The number of nitrogens with zero attached hydrogens (tertiary/aromatic N) is 4. The Kier molecular flexibility index (Phi) is 4.17. The standard InChI is InChI=1S/C23H17FN4O/c24-18-9-10-27-21(14-25-23(27)12-18)22(29)11-17-7-4-8-20-19(17)13-26-28(20)15-16-5-2-1-3-6-16/h1-10,12-14H,11,15H2. The third-order valence-electron chi connectivity index (χ3n) is 5.06. The zero-order valence-electron chi connectivity index (χ0n) is 15.5. The Labute approximate surface area is 166 Å². The molecule has 0 aliphatic heterocycles. The minimum Gasteiger partial charge on any atom is -0.297 e. The minimum absolute atomic E-state index is 0.0765. The summed E-state index contributed by atoms with van der Waals surface area (Å²) in [6.45, 7) is 0.667. The zero-order chi connectivity index (χ0) is 19.8. The topological polar surface area (TPSA) is 52.2 Å². The average molecular weight is 384 g/mol. The van der Waals surface area contributed by atoms with Crippen molar-refractivity contribution in [2.24, 2.45) is 0 Å². The molecule has 0 atom stereocenters. The summed E-state index contributed by atoms with van der Waals surface area (Å²) in [5.41, 5.74) is 3.91. The van der Waals surface area contributed by atoms with Gasteiger partial charge in [0.1, 0.15) is 17.2 Å². The molecule has 0 saturated heterocycles. The number of carbonyl (C=O) groups is 1. The van der Waals surface area contributed by atoms with E-state index in [2.05, 4.69) is 22.2 Å². The second-order valence-corrected chi connectivity index (χ2v) is 6.95. The van der Waals surface area contributed by atoms with Crippen molar-refractivity contribution < 1.29 is 9.18 Å². The van der Waals surface area contributed by atoms with Gasteiger partial charge in [-0.05, 0) is 23.3 Å². The van der Waals surface area contributed by atoms with E-state index in [4.69, 9.17) is 0 Å². The van der Waals surface area contributed by atoms with Crippen LogP contribution in [0.3, 0.4) is 0 Å². The zero-order valence-corrected chi connectivity index (χ0v) is 15.5. The summed E-state index contributed by atoms with van der Waals surface area (Å²) in [5, 5.41) is 5.48. The van der Waals surface area contributed by atoms with Crippen LogP contribution in [0, 0.1) is 5.82 Å². The SMILES string of the molecule is O=C(Cc1cccc2c1cnn2Cc1ccccc1)c1cnc2cc(F)ccn12. The number of carbonyl (C=O) groups excluding carboxylic acids is 1. The largest absolute Gasteiger partial charge is 0.297 e. The van der Waals surface area contributed by atoms with Crippen molar-refractivity contribution in [1.82, 2.24) is 19.2 Å². The van der Waals surface area contributed by atoms with Crippen LogP contribution in [0.5, 0.6) is 0 Å². The van der Waals surface area contributed by atoms with Gasteiger partial charge in [0.05, 0.1) is 24.5 Å². The maximum absolute atomic E-state index is 13.4. The summed E-state index contributed by atoms with van der Waals surface area (Å²) < 4.78 is 16.9. The van der Waals surface area contributed by atoms with Crippen LogP contribution >= 0.6 is 0 Å². The van der Waals surface area contributed by atoms with E-state index >= 15 is 0 Å². The summed E-state index contributed by atoms with van der Waals surface area (Å²) in [7, 11) is 0. The molecule has 3 heterocycles. The molecule has 3 aromatic heterocycles. The summed E-state index contributed by atoms with van der Waals surface area (Å²) in [5.74, 6) is -0.454. The normalized spacial score (nSPS) is 11.3. The highest BCUT2D eigenvalue weighted by Gasteiger charge is 2.16. The van der Waals surface area contributed by atoms with Crippen LogP contribution in [0.25, 0.3) is 16.6 Å². The first-order valence-corrected chi connectivity index (χ1v) is 9.32. The number of ketones is 1. The van der Waals surface area contributed by atoms with Gasteiger partial charge in [-0.3, -0.25) is 13.9 Å². The number of fused-ring (bicyclic) bond motifs is 2. The molecule has 0 N–H and O–H groups in total. The van der Waals surface area contributed by atoms with E-state index in [0.29, 0.717) is 17.9 Å². The fourth-order valence-electron chi connectivity index (χ4n) is 3.63. The molecule has 0 bridgehead atoms. The Hall–Kier alpha value is -3.80. The van der Waals surface area contributed by atoms with Gasteiger partial charge in [0, 0.05) is 24.1 Å². The van der Waals surface area contributed by atoms with Crippen LogP contribution in [0.2, 0.25) is 0 Å². The number of imidazole rings is 1. The number of hydrogen-bond acceptors (Lipinski definition) is 3. The monoisotopic (exact) mass is 384 g/mol. The van der Waals surface area contributed by atoms with Gasteiger partial charge in [-0.1, -0.05) is 42.5 Å². The van der Waals surface area contributed by atoms with Crippen molar-refractivity contribution >= 4 is 22.3 Å². The van der Waals surface area contributed by atoms with Gasteiger partial charge in [0.15, 0.2) is 5.78 Å². The van der Waals surface area contributed by atoms with Crippen LogP contribution in [0.4, 0.5) is 4.39 Å². The molecule has 0 unspecified atom stereocenters. The van der Waals surface area contributed by atoms with Gasteiger partial charge in [-0.25, -0.2) is 9.37 Å². The molecule has 29 heavy (non-hydrogen) atoms. The van der Waals surface area contributed by atoms with Gasteiger partial charge in [-0.15, -0.1) is 0 Å². The molecular weight excluding hydrogens is 367 g/mol. The van der Waals surface area contributed by atoms with Crippen molar-refractivity contribution in [1.29, 1.82) is 0 Å². The highest BCUT2D eigenvalue weighted by atomic mass is 19.1. The lowest BCUT2D eigenvalue weighted by Gasteiger charge is -2.06. The maximum atomic E-state index is 13.4. The fraction of sp³-hybridized carbons (Fsp3) is 0.0870. The van der Waals surface area contributed by atoms with E-state index in [1.54, 1.807) is 4.40 Å². The van der Waals surface area contributed by atoms with E-state index in [0.717, 1.165) is 22.0 Å². The second kappa shape index (κ2) is 6.98. The van der Waals surface area contributed by atoms with Crippen LogP contribution in [-0.2, 0) is 13.0 Å². The van der Waals surface area contributed by atoms with Crippen LogP contribution in [-0.4, -0.2) is 24.9 Å². The van der Waals surface area contributed by atoms with E-state index in [9.17, 15) is 9.18 Å². The number of hydrogen-bond donors (Lipinski definition) is 0. The number of pyridine rings is 1. The third-order valence-corrected chi connectivity index (χ3v) is 5.06.